The average molecular weight is 341 g/mol. The predicted octanol–water partition coefficient (Wildman–Crippen LogP) is 2.96. The van der Waals surface area contributed by atoms with Gasteiger partial charge in [-0.2, -0.15) is 0 Å². The monoisotopic (exact) mass is 341 g/mol. The molecule has 2 aromatic carbocycles. The lowest BCUT2D eigenvalue weighted by Crippen LogP contribution is -2.41. The molecule has 3 rings (SSSR count). The summed E-state index contributed by atoms with van der Waals surface area (Å²) in [6.07, 6.45) is 2.57. The molecule has 124 valence electrons. The molecular weight excluding hydrogens is 322 g/mol. The van der Waals surface area contributed by atoms with Gasteiger partial charge in [-0.05, 0) is 30.2 Å². The smallest absolute Gasteiger partial charge is 0.227 e. The zero-order valence-electron chi connectivity index (χ0n) is 13.2. The molecule has 5 heteroatoms. The zero-order valence-corrected chi connectivity index (χ0v) is 14.0. The van der Waals surface area contributed by atoms with Crippen LogP contribution in [0.25, 0.3) is 0 Å². The van der Waals surface area contributed by atoms with Crippen molar-refractivity contribution in [2.45, 2.75) is 18.9 Å². The molecular formula is C19H19NO3S. The largest absolute Gasteiger partial charge is 0.304 e. The topological polar surface area (TPSA) is 54.5 Å². The van der Waals surface area contributed by atoms with Crippen LogP contribution in [0, 0.1) is 0 Å². The highest BCUT2D eigenvalue weighted by molar-refractivity contribution is 7.94. The van der Waals surface area contributed by atoms with E-state index in [-0.39, 0.29) is 11.7 Å². The second-order valence-corrected chi connectivity index (χ2v) is 7.74. The summed E-state index contributed by atoms with van der Waals surface area (Å²) >= 11 is 0. The number of para-hydroxylation sites is 1. The van der Waals surface area contributed by atoms with Crippen LogP contribution in [-0.2, 0) is 21.1 Å². The number of hydrogen-bond acceptors (Lipinski definition) is 3. The SMILES string of the molecule is O=C(CCc1ccccc1)N(c1ccccc1)C1C=CS(=O)(=O)C1. The van der Waals surface area contributed by atoms with E-state index < -0.39 is 15.9 Å². The van der Waals surface area contributed by atoms with Crippen LogP contribution in [0.4, 0.5) is 5.69 Å². The Morgan fingerprint density at radius 2 is 1.62 bits per heavy atom. The molecule has 0 spiro atoms. The van der Waals surface area contributed by atoms with Crippen molar-refractivity contribution in [3.8, 4) is 0 Å². The number of benzene rings is 2. The van der Waals surface area contributed by atoms with Crippen LogP contribution in [0.5, 0.6) is 0 Å². The number of hydrogen-bond donors (Lipinski definition) is 0. The van der Waals surface area contributed by atoms with E-state index >= 15 is 0 Å². The normalized spacial score (nSPS) is 18.4. The highest BCUT2D eigenvalue weighted by Gasteiger charge is 2.31. The number of nitrogens with zero attached hydrogens (tertiary/aromatic N) is 1. The third kappa shape index (κ3) is 3.92. The Morgan fingerprint density at radius 3 is 2.21 bits per heavy atom. The summed E-state index contributed by atoms with van der Waals surface area (Å²) in [4.78, 5) is 14.4. The van der Waals surface area contributed by atoms with Gasteiger partial charge in [-0.25, -0.2) is 8.42 Å². The minimum absolute atomic E-state index is 0.0566. The molecule has 1 aliphatic rings. The van der Waals surface area contributed by atoms with E-state index in [9.17, 15) is 13.2 Å². The number of carbonyl (C=O) groups is 1. The molecule has 0 bridgehead atoms. The lowest BCUT2D eigenvalue weighted by atomic mass is 10.1. The molecule has 0 saturated heterocycles. The van der Waals surface area contributed by atoms with Gasteiger partial charge in [0, 0.05) is 17.5 Å². The first-order valence-electron chi connectivity index (χ1n) is 7.87. The highest BCUT2D eigenvalue weighted by atomic mass is 32.2. The van der Waals surface area contributed by atoms with E-state index in [0.717, 1.165) is 11.3 Å². The third-order valence-electron chi connectivity index (χ3n) is 4.02. The van der Waals surface area contributed by atoms with Crippen LogP contribution in [-0.4, -0.2) is 26.1 Å². The summed E-state index contributed by atoms with van der Waals surface area (Å²) in [6, 6.07) is 18.6. The van der Waals surface area contributed by atoms with Crippen LogP contribution in [0.2, 0.25) is 0 Å². The van der Waals surface area contributed by atoms with Gasteiger partial charge >= 0.3 is 0 Å². The summed E-state index contributed by atoms with van der Waals surface area (Å²) in [5.74, 6) is -0.129. The number of amides is 1. The van der Waals surface area contributed by atoms with Gasteiger partial charge in [0.1, 0.15) is 0 Å². The number of anilines is 1. The molecule has 1 unspecified atom stereocenters. The van der Waals surface area contributed by atoms with Crippen molar-refractivity contribution in [1.82, 2.24) is 0 Å². The first kappa shape index (κ1) is 16.5. The van der Waals surface area contributed by atoms with Crippen molar-refractivity contribution in [3.63, 3.8) is 0 Å². The second kappa shape index (κ2) is 7.01. The van der Waals surface area contributed by atoms with Crippen LogP contribution in [0.3, 0.4) is 0 Å². The van der Waals surface area contributed by atoms with Gasteiger partial charge in [0.2, 0.25) is 5.91 Å². The van der Waals surface area contributed by atoms with Crippen molar-refractivity contribution in [2.75, 3.05) is 10.7 Å². The van der Waals surface area contributed by atoms with Gasteiger partial charge < -0.3 is 4.90 Å². The van der Waals surface area contributed by atoms with Gasteiger partial charge in [0.05, 0.1) is 11.8 Å². The molecule has 0 radical (unpaired) electrons. The van der Waals surface area contributed by atoms with E-state index in [4.69, 9.17) is 0 Å². The lowest BCUT2D eigenvalue weighted by Gasteiger charge is -2.27. The molecule has 1 amide bonds. The molecule has 1 aliphatic heterocycles. The highest BCUT2D eigenvalue weighted by Crippen LogP contribution is 2.23. The van der Waals surface area contributed by atoms with Crippen LogP contribution in [0.1, 0.15) is 12.0 Å². The summed E-state index contributed by atoms with van der Waals surface area (Å²) in [5, 5.41) is 1.21. The number of rotatable bonds is 5. The van der Waals surface area contributed by atoms with Gasteiger partial charge in [0.15, 0.2) is 9.84 Å². The minimum atomic E-state index is -3.22. The summed E-state index contributed by atoms with van der Waals surface area (Å²) in [7, 11) is -3.22. The quantitative estimate of drug-likeness (QED) is 0.840. The van der Waals surface area contributed by atoms with Crippen molar-refractivity contribution in [1.29, 1.82) is 0 Å². The Hall–Kier alpha value is -2.40. The molecule has 2 aromatic rings. The van der Waals surface area contributed by atoms with E-state index in [1.54, 1.807) is 11.0 Å². The fourth-order valence-corrected chi connectivity index (χ4v) is 4.11. The van der Waals surface area contributed by atoms with Crippen molar-refractivity contribution in [3.05, 3.63) is 77.7 Å². The number of aryl methyl sites for hydroxylation is 1. The lowest BCUT2D eigenvalue weighted by molar-refractivity contribution is -0.118. The van der Waals surface area contributed by atoms with Gasteiger partial charge in [-0.3, -0.25) is 4.79 Å². The number of sulfone groups is 1. The van der Waals surface area contributed by atoms with Crippen molar-refractivity contribution < 1.29 is 13.2 Å². The predicted molar refractivity (Wildman–Crippen MR) is 95.4 cm³/mol. The van der Waals surface area contributed by atoms with Crippen LogP contribution >= 0.6 is 0 Å². The molecule has 1 heterocycles. The Morgan fingerprint density at radius 1 is 1.00 bits per heavy atom. The maximum atomic E-state index is 12.8. The van der Waals surface area contributed by atoms with Crippen molar-refractivity contribution in [2.24, 2.45) is 0 Å². The molecule has 4 nitrogen and oxygen atoms in total. The molecule has 0 fully saturated rings. The van der Waals surface area contributed by atoms with E-state index in [2.05, 4.69) is 0 Å². The molecule has 0 saturated carbocycles. The van der Waals surface area contributed by atoms with E-state index in [1.165, 1.54) is 5.41 Å². The summed E-state index contributed by atoms with van der Waals surface area (Å²) < 4.78 is 23.5. The molecule has 1 atom stereocenters. The Labute approximate surface area is 142 Å². The zero-order chi connectivity index (χ0) is 17.0. The minimum Gasteiger partial charge on any atom is -0.304 e. The fourth-order valence-electron chi connectivity index (χ4n) is 2.85. The molecule has 24 heavy (non-hydrogen) atoms. The van der Waals surface area contributed by atoms with Crippen molar-refractivity contribution >= 4 is 21.4 Å². The fraction of sp³-hybridized carbons (Fsp3) is 0.211. The molecule has 0 aliphatic carbocycles. The maximum Gasteiger partial charge on any atom is 0.227 e. The Bertz CT molecular complexity index is 829. The molecule has 0 aromatic heterocycles. The van der Waals surface area contributed by atoms with Crippen LogP contribution in [0.15, 0.2) is 72.1 Å². The second-order valence-electron chi connectivity index (χ2n) is 5.81. The average Bonchev–Trinajstić information content (AvgIpc) is 2.95. The first-order valence-corrected chi connectivity index (χ1v) is 9.59. The van der Waals surface area contributed by atoms with Gasteiger partial charge in [-0.15, -0.1) is 0 Å². The third-order valence-corrected chi connectivity index (χ3v) is 5.39. The first-order chi connectivity index (χ1) is 11.6. The molecule has 0 N–H and O–H groups in total. The maximum absolute atomic E-state index is 12.8. The Balaban J connectivity index is 1.80. The standard InChI is InChI=1S/C19H19NO3S/c21-19(12-11-16-7-3-1-4-8-16)20(17-9-5-2-6-10-17)18-13-14-24(22,23)15-18/h1-10,13-14,18H,11-12,15H2. The van der Waals surface area contributed by atoms with E-state index in [0.29, 0.717) is 12.8 Å². The Kier molecular flexibility index (Phi) is 4.81. The van der Waals surface area contributed by atoms with Gasteiger partial charge in [-0.1, -0.05) is 48.5 Å². The van der Waals surface area contributed by atoms with Crippen LogP contribution < -0.4 is 4.90 Å². The summed E-state index contributed by atoms with van der Waals surface area (Å²) in [5.41, 5.74) is 1.82. The van der Waals surface area contributed by atoms with E-state index in [1.807, 2.05) is 60.7 Å². The summed E-state index contributed by atoms with van der Waals surface area (Å²) in [6.45, 7) is 0. The number of carbonyl (C=O) groups excluding carboxylic acids is 1. The van der Waals surface area contributed by atoms with Gasteiger partial charge in [0.25, 0.3) is 0 Å².